The molecule has 0 aliphatic rings. The maximum atomic E-state index is 11.6. The van der Waals surface area contributed by atoms with E-state index in [0.717, 1.165) is 5.76 Å². The molecule has 0 saturated heterocycles. The topological polar surface area (TPSA) is 68.3 Å². The molecule has 1 rings (SSSR count). The van der Waals surface area contributed by atoms with Gasteiger partial charge >= 0.3 is 0 Å². The first-order valence-electron chi connectivity index (χ1n) is 5.16. The molecule has 0 saturated carbocycles. The molecule has 0 aliphatic heterocycles. The summed E-state index contributed by atoms with van der Waals surface area (Å²) in [5, 5.41) is 2.79. The van der Waals surface area contributed by atoms with Gasteiger partial charge in [-0.25, -0.2) is 0 Å². The lowest BCUT2D eigenvalue weighted by Crippen LogP contribution is -2.51. The van der Waals surface area contributed by atoms with E-state index in [1.165, 1.54) is 0 Å². The van der Waals surface area contributed by atoms with E-state index in [4.69, 9.17) is 10.2 Å². The maximum absolute atomic E-state index is 11.6. The average molecular weight is 210 g/mol. The van der Waals surface area contributed by atoms with Crippen LogP contribution in [-0.4, -0.2) is 18.0 Å². The van der Waals surface area contributed by atoms with Gasteiger partial charge in [-0.05, 0) is 25.5 Å². The van der Waals surface area contributed by atoms with Crippen LogP contribution in [-0.2, 0) is 11.2 Å². The predicted molar refractivity (Wildman–Crippen MR) is 58.3 cm³/mol. The molecule has 1 heterocycles. The number of furan rings is 1. The van der Waals surface area contributed by atoms with Crippen molar-refractivity contribution in [2.24, 2.45) is 5.73 Å². The second kappa shape index (κ2) is 4.98. The van der Waals surface area contributed by atoms with Crippen LogP contribution in [0.25, 0.3) is 0 Å². The molecule has 15 heavy (non-hydrogen) atoms. The lowest BCUT2D eigenvalue weighted by atomic mass is 9.99. The van der Waals surface area contributed by atoms with Gasteiger partial charge in [0.15, 0.2) is 0 Å². The fraction of sp³-hybridized carbons (Fsp3) is 0.545. The lowest BCUT2D eigenvalue weighted by molar-refractivity contribution is -0.125. The van der Waals surface area contributed by atoms with Crippen LogP contribution in [0, 0.1) is 0 Å². The number of carbonyl (C=O) groups excluding carboxylic acids is 1. The molecular weight excluding hydrogens is 192 g/mol. The van der Waals surface area contributed by atoms with Gasteiger partial charge in [0.25, 0.3) is 0 Å². The van der Waals surface area contributed by atoms with Crippen molar-refractivity contribution in [1.82, 2.24) is 5.32 Å². The Labute approximate surface area is 89.8 Å². The fourth-order valence-electron chi connectivity index (χ4n) is 1.12. The summed E-state index contributed by atoms with van der Waals surface area (Å²) in [6.07, 6.45) is 2.94. The van der Waals surface area contributed by atoms with Crippen molar-refractivity contribution in [2.75, 3.05) is 6.54 Å². The molecule has 0 aliphatic carbocycles. The number of nitrogens with one attached hydrogen (secondary N) is 1. The normalized spacial score (nSPS) is 14.6. The van der Waals surface area contributed by atoms with Crippen LogP contribution in [0.2, 0.25) is 0 Å². The van der Waals surface area contributed by atoms with E-state index in [0.29, 0.717) is 19.4 Å². The Kier molecular flexibility index (Phi) is 3.91. The third-order valence-corrected chi connectivity index (χ3v) is 2.49. The van der Waals surface area contributed by atoms with Gasteiger partial charge in [0.2, 0.25) is 5.91 Å². The van der Waals surface area contributed by atoms with Gasteiger partial charge in [-0.1, -0.05) is 6.92 Å². The summed E-state index contributed by atoms with van der Waals surface area (Å²) in [5.41, 5.74) is 5.01. The van der Waals surface area contributed by atoms with Crippen molar-refractivity contribution >= 4 is 5.91 Å². The highest BCUT2D eigenvalue weighted by Gasteiger charge is 2.25. The molecule has 4 heteroatoms. The van der Waals surface area contributed by atoms with E-state index in [-0.39, 0.29) is 5.91 Å². The van der Waals surface area contributed by atoms with Gasteiger partial charge in [0, 0.05) is 13.0 Å². The Morgan fingerprint density at radius 1 is 1.67 bits per heavy atom. The second-order valence-electron chi connectivity index (χ2n) is 3.86. The third-order valence-electron chi connectivity index (χ3n) is 2.49. The van der Waals surface area contributed by atoms with Crippen molar-refractivity contribution in [2.45, 2.75) is 32.2 Å². The van der Waals surface area contributed by atoms with Crippen molar-refractivity contribution in [3.8, 4) is 0 Å². The minimum absolute atomic E-state index is 0.114. The van der Waals surface area contributed by atoms with Crippen LogP contribution >= 0.6 is 0 Å². The molecule has 0 fully saturated rings. The Morgan fingerprint density at radius 2 is 2.40 bits per heavy atom. The smallest absolute Gasteiger partial charge is 0.239 e. The Morgan fingerprint density at radius 3 is 2.93 bits per heavy atom. The summed E-state index contributed by atoms with van der Waals surface area (Å²) in [6.45, 7) is 4.18. The monoisotopic (exact) mass is 210 g/mol. The first kappa shape index (κ1) is 11.8. The Balaban J connectivity index is 2.29. The van der Waals surface area contributed by atoms with Gasteiger partial charge in [0.05, 0.1) is 11.8 Å². The van der Waals surface area contributed by atoms with Crippen LogP contribution in [0.4, 0.5) is 0 Å². The molecule has 0 aromatic carbocycles. The maximum Gasteiger partial charge on any atom is 0.239 e. The molecule has 1 atom stereocenters. The van der Waals surface area contributed by atoms with Gasteiger partial charge in [0.1, 0.15) is 5.76 Å². The number of carbonyl (C=O) groups is 1. The molecule has 1 unspecified atom stereocenters. The first-order chi connectivity index (χ1) is 7.06. The minimum Gasteiger partial charge on any atom is -0.469 e. The van der Waals surface area contributed by atoms with Gasteiger partial charge in [-0.3, -0.25) is 4.79 Å². The zero-order chi connectivity index (χ0) is 11.3. The highest BCUT2D eigenvalue weighted by Crippen LogP contribution is 2.04. The van der Waals surface area contributed by atoms with E-state index >= 15 is 0 Å². The number of hydrogen-bond donors (Lipinski definition) is 2. The fourth-order valence-corrected chi connectivity index (χ4v) is 1.12. The van der Waals surface area contributed by atoms with Gasteiger partial charge < -0.3 is 15.5 Å². The van der Waals surface area contributed by atoms with Crippen LogP contribution < -0.4 is 11.1 Å². The van der Waals surface area contributed by atoms with Crippen molar-refractivity contribution in [3.63, 3.8) is 0 Å². The molecule has 3 N–H and O–H groups in total. The van der Waals surface area contributed by atoms with Gasteiger partial charge in [-0.2, -0.15) is 0 Å². The summed E-state index contributed by atoms with van der Waals surface area (Å²) >= 11 is 0. The van der Waals surface area contributed by atoms with Crippen molar-refractivity contribution in [1.29, 1.82) is 0 Å². The highest BCUT2D eigenvalue weighted by atomic mass is 16.3. The number of amides is 1. The van der Waals surface area contributed by atoms with Crippen LogP contribution in [0.15, 0.2) is 22.8 Å². The molecule has 84 valence electrons. The molecular formula is C11H18N2O2. The standard InChI is InChI=1S/C11H18N2O2/c1-3-11(2,12)10(14)13-7-6-9-5-4-8-15-9/h4-5,8H,3,6-7,12H2,1-2H3,(H,13,14). The summed E-state index contributed by atoms with van der Waals surface area (Å²) in [4.78, 5) is 11.6. The minimum atomic E-state index is -0.775. The number of rotatable bonds is 5. The predicted octanol–water partition coefficient (Wildman–Crippen LogP) is 1.07. The zero-order valence-corrected chi connectivity index (χ0v) is 9.25. The van der Waals surface area contributed by atoms with E-state index in [9.17, 15) is 4.79 Å². The number of hydrogen-bond acceptors (Lipinski definition) is 3. The zero-order valence-electron chi connectivity index (χ0n) is 9.25. The molecule has 1 aromatic heterocycles. The quantitative estimate of drug-likeness (QED) is 0.763. The number of nitrogens with two attached hydrogens (primary N) is 1. The third kappa shape index (κ3) is 3.40. The van der Waals surface area contributed by atoms with Gasteiger partial charge in [-0.15, -0.1) is 0 Å². The average Bonchev–Trinajstić information content (AvgIpc) is 2.70. The van der Waals surface area contributed by atoms with Crippen LogP contribution in [0.3, 0.4) is 0 Å². The SMILES string of the molecule is CCC(C)(N)C(=O)NCCc1ccco1. The van der Waals surface area contributed by atoms with E-state index in [1.54, 1.807) is 13.2 Å². The summed E-state index contributed by atoms with van der Waals surface area (Å²) < 4.78 is 5.14. The summed E-state index contributed by atoms with van der Waals surface area (Å²) in [6, 6.07) is 3.71. The summed E-state index contributed by atoms with van der Waals surface area (Å²) in [5.74, 6) is 0.752. The first-order valence-corrected chi connectivity index (χ1v) is 5.16. The lowest BCUT2D eigenvalue weighted by Gasteiger charge is -2.21. The van der Waals surface area contributed by atoms with Crippen molar-refractivity contribution in [3.05, 3.63) is 24.2 Å². The molecule has 1 amide bonds. The van der Waals surface area contributed by atoms with E-state index < -0.39 is 5.54 Å². The Bertz CT molecular complexity index is 304. The molecule has 0 bridgehead atoms. The van der Waals surface area contributed by atoms with Crippen LogP contribution in [0.1, 0.15) is 26.0 Å². The highest BCUT2D eigenvalue weighted by molar-refractivity contribution is 5.85. The van der Waals surface area contributed by atoms with E-state index in [2.05, 4.69) is 5.32 Å². The van der Waals surface area contributed by atoms with Crippen LogP contribution in [0.5, 0.6) is 0 Å². The molecule has 4 nitrogen and oxygen atoms in total. The van der Waals surface area contributed by atoms with Crippen molar-refractivity contribution < 1.29 is 9.21 Å². The summed E-state index contributed by atoms with van der Waals surface area (Å²) in [7, 11) is 0. The van der Waals surface area contributed by atoms with E-state index in [1.807, 2.05) is 19.1 Å². The molecule has 0 spiro atoms. The Hall–Kier alpha value is -1.29. The largest absolute Gasteiger partial charge is 0.469 e. The molecule has 1 aromatic rings. The second-order valence-corrected chi connectivity index (χ2v) is 3.86. The molecule has 0 radical (unpaired) electrons.